The fourth-order valence-electron chi connectivity index (χ4n) is 6.72. The maximum Gasteiger partial charge on any atom is 0.226 e. The predicted octanol–water partition coefficient (Wildman–Crippen LogP) is 5.28. The molecule has 254 valence electrons. The van der Waals surface area contributed by atoms with E-state index in [0.29, 0.717) is 44.7 Å². The highest BCUT2D eigenvalue weighted by molar-refractivity contribution is 6.33. The molecule has 7 rings (SSSR count). The third-order valence-corrected chi connectivity index (χ3v) is 9.66. The molecule has 0 atom stereocenters. The second-order valence-electron chi connectivity index (χ2n) is 12.5. The van der Waals surface area contributed by atoms with Crippen molar-refractivity contribution in [3.63, 3.8) is 0 Å². The van der Waals surface area contributed by atoms with Crippen molar-refractivity contribution in [2.45, 2.75) is 51.4 Å². The number of benzene rings is 2. The minimum absolute atomic E-state index is 0.126. The Labute approximate surface area is 290 Å². The van der Waals surface area contributed by atoms with E-state index in [1.54, 1.807) is 4.68 Å². The van der Waals surface area contributed by atoms with E-state index in [-0.39, 0.29) is 6.61 Å². The molecule has 0 aliphatic carbocycles. The van der Waals surface area contributed by atoms with E-state index in [4.69, 9.17) is 43.0 Å². The van der Waals surface area contributed by atoms with Crippen molar-refractivity contribution in [1.29, 1.82) is 0 Å². The van der Waals surface area contributed by atoms with Gasteiger partial charge in [0.1, 0.15) is 17.3 Å². The van der Waals surface area contributed by atoms with E-state index < -0.39 is 0 Å². The summed E-state index contributed by atoms with van der Waals surface area (Å²) in [6.45, 7) is 8.22. The summed E-state index contributed by atoms with van der Waals surface area (Å²) in [4.78, 5) is 14.5. The summed E-state index contributed by atoms with van der Waals surface area (Å²) in [5.74, 6) is 2.26. The molecule has 5 heterocycles. The van der Waals surface area contributed by atoms with Crippen LogP contribution in [0.2, 0.25) is 10.0 Å². The van der Waals surface area contributed by atoms with E-state index in [9.17, 15) is 0 Å². The number of nitrogens with zero attached hydrogens (tertiary/aromatic N) is 8. The zero-order chi connectivity index (χ0) is 32.9. The molecule has 0 radical (unpaired) electrons. The zero-order valence-corrected chi connectivity index (χ0v) is 28.5. The number of rotatable bonds is 13. The molecule has 48 heavy (non-hydrogen) atoms. The molecule has 0 saturated carbocycles. The van der Waals surface area contributed by atoms with Crippen molar-refractivity contribution in [1.82, 2.24) is 34.4 Å². The fraction of sp³-hybridized carbons (Fsp3) is 0.471. The number of fused-ring (bicyclic) bond motifs is 3. The molecule has 12 nitrogen and oxygen atoms in total. The van der Waals surface area contributed by atoms with E-state index in [2.05, 4.69) is 53.5 Å². The average molecular weight is 694 g/mol. The smallest absolute Gasteiger partial charge is 0.226 e. The van der Waals surface area contributed by atoms with Crippen LogP contribution in [0.25, 0.3) is 21.8 Å². The quantitative estimate of drug-likeness (QED) is 0.150. The second-order valence-corrected chi connectivity index (χ2v) is 13.4. The largest absolute Gasteiger partial charge is 0.396 e. The molecule has 0 unspecified atom stereocenters. The minimum Gasteiger partial charge on any atom is -0.396 e. The van der Waals surface area contributed by atoms with Crippen LogP contribution in [0.5, 0.6) is 0 Å². The first kappa shape index (κ1) is 32.8. The number of hydrogen-bond acceptors (Lipinski definition) is 10. The number of aliphatic hydroxyl groups excluding tert-OH is 1. The Morgan fingerprint density at radius 2 is 1.58 bits per heavy atom. The summed E-state index contributed by atoms with van der Waals surface area (Å²) in [6, 6.07) is 14.6. The number of aliphatic hydroxyl groups is 1. The number of halogens is 2. The SMILES string of the molecule is OCCCn1cc(CNc2nc(NC3CCN(CCCn4c5ccc(Cl)cc5c5cc(Cl)ccc54)CC3)cc(N3CCOCC3)n2)nn1. The number of hydrogen-bond donors (Lipinski definition) is 3. The predicted molar refractivity (Wildman–Crippen MR) is 191 cm³/mol. The van der Waals surface area contributed by atoms with E-state index in [1.165, 1.54) is 11.0 Å². The highest BCUT2D eigenvalue weighted by Gasteiger charge is 2.22. The summed E-state index contributed by atoms with van der Waals surface area (Å²) in [5.41, 5.74) is 3.18. The lowest BCUT2D eigenvalue weighted by Crippen LogP contribution is -2.40. The molecule has 0 bridgehead atoms. The molecule has 3 N–H and O–H groups in total. The lowest BCUT2D eigenvalue weighted by Gasteiger charge is -2.33. The summed E-state index contributed by atoms with van der Waals surface area (Å²) >= 11 is 12.7. The lowest BCUT2D eigenvalue weighted by atomic mass is 10.0. The molecular formula is C34H42Cl2N10O2. The second kappa shape index (κ2) is 15.3. The Morgan fingerprint density at radius 3 is 2.29 bits per heavy atom. The van der Waals surface area contributed by atoms with Gasteiger partial charge < -0.3 is 34.8 Å². The van der Waals surface area contributed by atoms with Crippen LogP contribution in [0.15, 0.2) is 48.7 Å². The van der Waals surface area contributed by atoms with Crippen LogP contribution in [0.4, 0.5) is 17.6 Å². The highest BCUT2D eigenvalue weighted by atomic mass is 35.5. The first-order chi connectivity index (χ1) is 23.5. The van der Waals surface area contributed by atoms with Gasteiger partial charge in [0.05, 0.1) is 26.0 Å². The Bertz CT molecular complexity index is 1770. The standard InChI is InChI=1S/C34H42Cl2N10O2/c35-24-3-5-30-28(19-24)29-20-25(36)4-6-31(29)46(30)11-1-9-43-12-7-26(8-13-43)38-32-21-33(44-14-17-48-18-15-44)40-34(39-32)37-22-27-23-45(42-41-27)10-2-16-47/h3-6,19-21,23,26,47H,1-2,7-18,22H2,(H2,37,38,39,40). The van der Waals surface area contributed by atoms with Crippen LogP contribution in [0.3, 0.4) is 0 Å². The van der Waals surface area contributed by atoms with Crippen molar-refractivity contribution < 1.29 is 9.84 Å². The fourth-order valence-corrected chi connectivity index (χ4v) is 7.07. The molecule has 2 aliphatic heterocycles. The van der Waals surface area contributed by atoms with Gasteiger partial charge in [-0.05, 0) is 68.6 Å². The number of nitrogens with one attached hydrogen (secondary N) is 2. The highest BCUT2D eigenvalue weighted by Crippen LogP contribution is 2.33. The maximum atomic E-state index is 9.10. The van der Waals surface area contributed by atoms with E-state index >= 15 is 0 Å². The first-order valence-electron chi connectivity index (χ1n) is 16.8. The topological polar surface area (TPSA) is 121 Å². The number of aromatic nitrogens is 6. The number of morpholine rings is 1. The van der Waals surface area contributed by atoms with Gasteiger partial charge in [0, 0.05) is 89.8 Å². The van der Waals surface area contributed by atoms with Gasteiger partial charge in [-0.25, -0.2) is 0 Å². The van der Waals surface area contributed by atoms with Crippen LogP contribution in [0, 0.1) is 0 Å². The third kappa shape index (κ3) is 7.79. The molecule has 2 aromatic carbocycles. The van der Waals surface area contributed by atoms with Gasteiger partial charge >= 0.3 is 0 Å². The van der Waals surface area contributed by atoms with Crippen molar-refractivity contribution in [2.24, 2.45) is 0 Å². The maximum absolute atomic E-state index is 9.10. The van der Waals surface area contributed by atoms with Gasteiger partial charge in [0.15, 0.2) is 0 Å². The summed E-state index contributed by atoms with van der Waals surface area (Å²) in [7, 11) is 0. The Hall–Kier alpha value is -3.68. The van der Waals surface area contributed by atoms with Gasteiger partial charge in [0.25, 0.3) is 0 Å². The van der Waals surface area contributed by atoms with Crippen molar-refractivity contribution in [3.05, 3.63) is 64.4 Å². The molecule has 2 fully saturated rings. The van der Waals surface area contributed by atoms with Crippen molar-refractivity contribution in [2.75, 3.05) is 68.1 Å². The Morgan fingerprint density at radius 1 is 0.854 bits per heavy atom. The molecule has 14 heteroatoms. The summed E-state index contributed by atoms with van der Waals surface area (Å²) in [6.07, 6.45) is 5.67. The van der Waals surface area contributed by atoms with Gasteiger partial charge in [-0.3, -0.25) is 4.68 Å². The molecule has 3 aromatic heterocycles. The van der Waals surface area contributed by atoms with Crippen LogP contribution < -0.4 is 15.5 Å². The normalized spacial score (nSPS) is 16.3. The van der Waals surface area contributed by atoms with Crippen LogP contribution in [0.1, 0.15) is 31.4 Å². The van der Waals surface area contributed by atoms with Gasteiger partial charge in [0.2, 0.25) is 5.95 Å². The Kier molecular flexibility index (Phi) is 10.4. The average Bonchev–Trinajstić information content (AvgIpc) is 3.69. The molecule has 0 amide bonds. The molecule has 5 aromatic rings. The molecule has 0 spiro atoms. The van der Waals surface area contributed by atoms with Gasteiger partial charge in [-0.2, -0.15) is 9.97 Å². The summed E-state index contributed by atoms with van der Waals surface area (Å²) in [5, 5.41) is 28.3. The number of piperidine rings is 1. The molecule has 2 aliphatic rings. The van der Waals surface area contributed by atoms with Crippen molar-refractivity contribution >= 4 is 62.6 Å². The zero-order valence-electron chi connectivity index (χ0n) is 27.0. The van der Waals surface area contributed by atoms with Crippen LogP contribution in [-0.4, -0.2) is 98.1 Å². The molecular weight excluding hydrogens is 651 g/mol. The third-order valence-electron chi connectivity index (χ3n) is 9.19. The Balaban J connectivity index is 0.956. The number of aryl methyl sites for hydroxylation is 2. The summed E-state index contributed by atoms with van der Waals surface area (Å²) < 4.78 is 9.72. The van der Waals surface area contributed by atoms with E-state index in [0.717, 1.165) is 96.7 Å². The number of likely N-dealkylation sites (tertiary alicyclic amines) is 1. The van der Waals surface area contributed by atoms with Gasteiger partial charge in [-0.1, -0.05) is 28.4 Å². The van der Waals surface area contributed by atoms with E-state index in [1.807, 2.05) is 30.5 Å². The first-order valence-corrected chi connectivity index (χ1v) is 17.6. The molecule has 2 saturated heterocycles. The minimum atomic E-state index is 0.126. The van der Waals surface area contributed by atoms with Crippen LogP contribution in [-0.2, 0) is 24.4 Å². The number of anilines is 3. The van der Waals surface area contributed by atoms with Gasteiger partial charge in [-0.15, -0.1) is 5.10 Å². The van der Waals surface area contributed by atoms with Crippen molar-refractivity contribution in [3.8, 4) is 0 Å². The monoisotopic (exact) mass is 692 g/mol. The number of ether oxygens (including phenoxy) is 1. The van der Waals surface area contributed by atoms with Crippen LogP contribution >= 0.6 is 23.2 Å². The lowest BCUT2D eigenvalue weighted by molar-refractivity contribution is 0.122.